The molecule has 0 aliphatic carbocycles. The number of aryl methyl sites for hydroxylation is 1. The highest BCUT2D eigenvalue weighted by Crippen LogP contribution is 2.34. The number of aromatic amines is 1. The molecule has 4 aromatic rings. The second-order valence-electron chi connectivity index (χ2n) is 5.92. The molecule has 3 heterocycles. The summed E-state index contributed by atoms with van der Waals surface area (Å²) in [5.74, 6) is 0.678. The molecular formula is C19H18N4O2. The summed E-state index contributed by atoms with van der Waals surface area (Å²) in [6.45, 7) is 0. The van der Waals surface area contributed by atoms with Gasteiger partial charge in [-0.3, -0.25) is 4.79 Å². The largest absolute Gasteiger partial charge is 0.497 e. The van der Waals surface area contributed by atoms with Gasteiger partial charge in [-0.15, -0.1) is 0 Å². The Bertz CT molecular complexity index is 1110. The summed E-state index contributed by atoms with van der Waals surface area (Å²) in [4.78, 5) is 19.8. The minimum atomic E-state index is -0.127. The van der Waals surface area contributed by atoms with Crippen LogP contribution in [0.2, 0.25) is 0 Å². The number of nitrogens with one attached hydrogen (secondary N) is 2. The Balaban J connectivity index is 1.96. The molecular weight excluding hydrogens is 316 g/mol. The van der Waals surface area contributed by atoms with E-state index in [4.69, 9.17) is 4.74 Å². The number of amides is 1. The lowest BCUT2D eigenvalue weighted by molar-refractivity contribution is 0.0964. The average Bonchev–Trinajstić information content (AvgIpc) is 3.21. The van der Waals surface area contributed by atoms with Gasteiger partial charge in [0.15, 0.2) is 0 Å². The predicted octanol–water partition coefficient (Wildman–Crippen LogP) is 3.09. The molecule has 0 atom stereocenters. The van der Waals surface area contributed by atoms with E-state index in [1.165, 1.54) is 0 Å². The van der Waals surface area contributed by atoms with Crippen LogP contribution in [0.25, 0.3) is 33.2 Å². The lowest BCUT2D eigenvalue weighted by atomic mass is 10.1. The maximum atomic E-state index is 12.1. The minimum Gasteiger partial charge on any atom is -0.497 e. The Morgan fingerprint density at radius 1 is 1.24 bits per heavy atom. The van der Waals surface area contributed by atoms with Crippen molar-refractivity contribution in [1.29, 1.82) is 0 Å². The molecule has 1 amide bonds. The molecule has 0 saturated heterocycles. The van der Waals surface area contributed by atoms with Crippen molar-refractivity contribution < 1.29 is 9.53 Å². The van der Waals surface area contributed by atoms with Gasteiger partial charge in [-0.25, -0.2) is 4.98 Å². The van der Waals surface area contributed by atoms with Crippen LogP contribution in [-0.2, 0) is 7.05 Å². The van der Waals surface area contributed by atoms with Crippen molar-refractivity contribution in [1.82, 2.24) is 19.9 Å². The quantitative estimate of drug-likeness (QED) is 0.605. The van der Waals surface area contributed by atoms with Gasteiger partial charge in [0.05, 0.1) is 12.7 Å². The SMILES string of the molecule is CNC(=O)c1ccnc2[nH]c(-c3cn(C)c4ccc(OC)cc34)cc12. The zero-order chi connectivity index (χ0) is 17.6. The molecule has 25 heavy (non-hydrogen) atoms. The fourth-order valence-corrected chi connectivity index (χ4v) is 3.22. The first-order chi connectivity index (χ1) is 12.1. The number of nitrogens with zero attached hydrogens (tertiary/aromatic N) is 2. The first-order valence-corrected chi connectivity index (χ1v) is 7.95. The van der Waals surface area contributed by atoms with Crippen molar-refractivity contribution >= 4 is 27.8 Å². The molecule has 0 unspecified atom stereocenters. The van der Waals surface area contributed by atoms with Crippen LogP contribution in [0.5, 0.6) is 5.75 Å². The van der Waals surface area contributed by atoms with Crippen LogP contribution in [0, 0.1) is 0 Å². The molecule has 0 saturated carbocycles. The van der Waals surface area contributed by atoms with E-state index in [1.807, 2.05) is 31.3 Å². The van der Waals surface area contributed by atoms with E-state index < -0.39 is 0 Å². The first-order valence-electron chi connectivity index (χ1n) is 7.95. The van der Waals surface area contributed by atoms with Gasteiger partial charge < -0.3 is 19.6 Å². The van der Waals surface area contributed by atoms with Crippen molar-refractivity contribution in [3.8, 4) is 17.0 Å². The van der Waals surface area contributed by atoms with Gasteiger partial charge in [-0.1, -0.05) is 0 Å². The summed E-state index contributed by atoms with van der Waals surface area (Å²) in [5, 5.41) is 4.55. The standard InChI is InChI=1S/C19H18N4O2/c1-20-19(24)12-6-7-21-18-14(12)9-16(22-18)15-10-23(2)17-5-4-11(25-3)8-13(15)17/h4-10H,1-3H3,(H,20,24)(H,21,22). The van der Waals surface area contributed by atoms with Crippen LogP contribution in [0.1, 0.15) is 10.4 Å². The van der Waals surface area contributed by atoms with Crippen LogP contribution in [0.3, 0.4) is 0 Å². The number of carbonyl (C=O) groups is 1. The lowest BCUT2D eigenvalue weighted by Crippen LogP contribution is -2.17. The number of hydrogen-bond acceptors (Lipinski definition) is 3. The van der Waals surface area contributed by atoms with Crippen molar-refractivity contribution in [2.75, 3.05) is 14.2 Å². The summed E-state index contributed by atoms with van der Waals surface area (Å²) in [7, 11) is 5.29. The molecule has 0 spiro atoms. The summed E-state index contributed by atoms with van der Waals surface area (Å²) in [6.07, 6.45) is 3.70. The molecule has 1 aromatic carbocycles. The van der Waals surface area contributed by atoms with Gasteiger partial charge in [0, 0.05) is 54.0 Å². The third-order valence-electron chi connectivity index (χ3n) is 4.49. The smallest absolute Gasteiger partial charge is 0.251 e. The fourth-order valence-electron chi connectivity index (χ4n) is 3.22. The van der Waals surface area contributed by atoms with Crippen LogP contribution in [-0.4, -0.2) is 34.6 Å². The number of fused-ring (bicyclic) bond motifs is 2. The van der Waals surface area contributed by atoms with E-state index in [0.29, 0.717) is 11.2 Å². The zero-order valence-corrected chi connectivity index (χ0v) is 14.3. The average molecular weight is 334 g/mol. The van der Waals surface area contributed by atoms with Crippen molar-refractivity contribution in [2.24, 2.45) is 7.05 Å². The fraction of sp³-hybridized carbons (Fsp3) is 0.158. The number of methoxy groups -OCH3 is 1. The number of aromatic nitrogens is 3. The number of ether oxygens (including phenoxy) is 1. The summed E-state index contributed by atoms with van der Waals surface area (Å²) >= 11 is 0. The zero-order valence-electron chi connectivity index (χ0n) is 14.3. The van der Waals surface area contributed by atoms with E-state index in [1.54, 1.807) is 26.4 Å². The van der Waals surface area contributed by atoms with Gasteiger partial charge in [-0.05, 0) is 30.3 Å². The van der Waals surface area contributed by atoms with Gasteiger partial charge in [0.2, 0.25) is 0 Å². The molecule has 6 heteroatoms. The number of pyridine rings is 1. The monoisotopic (exact) mass is 334 g/mol. The molecule has 0 aliphatic heterocycles. The number of H-pyrrole nitrogens is 1. The second kappa shape index (κ2) is 5.66. The molecule has 0 fully saturated rings. The van der Waals surface area contributed by atoms with Gasteiger partial charge in [-0.2, -0.15) is 0 Å². The Kier molecular flexibility index (Phi) is 3.46. The summed E-state index contributed by atoms with van der Waals surface area (Å²) in [6, 6.07) is 9.70. The first kappa shape index (κ1) is 15.3. The van der Waals surface area contributed by atoms with Crippen molar-refractivity contribution in [3.05, 3.63) is 48.3 Å². The number of benzene rings is 1. The number of rotatable bonds is 3. The third kappa shape index (κ3) is 2.34. The van der Waals surface area contributed by atoms with E-state index in [9.17, 15) is 4.79 Å². The highest BCUT2D eigenvalue weighted by atomic mass is 16.5. The Hall–Kier alpha value is -3.28. The molecule has 2 N–H and O–H groups in total. The second-order valence-corrected chi connectivity index (χ2v) is 5.92. The minimum absolute atomic E-state index is 0.127. The van der Waals surface area contributed by atoms with E-state index in [2.05, 4.69) is 26.0 Å². The Labute approximate surface area is 144 Å². The van der Waals surface area contributed by atoms with Gasteiger partial charge in [0.25, 0.3) is 5.91 Å². The molecule has 126 valence electrons. The van der Waals surface area contributed by atoms with Gasteiger partial charge >= 0.3 is 0 Å². The molecule has 6 nitrogen and oxygen atoms in total. The van der Waals surface area contributed by atoms with Crippen LogP contribution < -0.4 is 10.1 Å². The summed E-state index contributed by atoms with van der Waals surface area (Å²) < 4.78 is 7.43. The molecule has 3 aromatic heterocycles. The predicted molar refractivity (Wildman–Crippen MR) is 97.9 cm³/mol. The van der Waals surface area contributed by atoms with Crippen LogP contribution >= 0.6 is 0 Å². The summed E-state index contributed by atoms with van der Waals surface area (Å²) in [5.41, 5.74) is 4.35. The maximum Gasteiger partial charge on any atom is 0.251 e. The normalized spacial score (nSPS) is 11.2. The van der Waals surface area contributed by atoms with Crippen molar-refractivity contribution in [3.63, 3.8) is 0 Å². The highest BCUT2D eigenvalue weighted by Gasteiger charge is 2.16. The lowest BCUT2D eigenvalue weighted by Gasteiger charge is -2.01. The number of carbonyl (C=O) groups excluding carboxylic acids is 1. The van der Waals surface area contributed by atoms with E-state index >= 15 is 0 Å². The third-order valence-corrected chi connectivity index (χ3v) is 4.49. The van der Waals surface area contributed by atoms with E-state index in [0.717, 1.165) is 33.3 Å². The van der Waals surface area contributed by atoms with E-state index in [-0.39, 0.29) is 5.91 Å². The molecule has 0 radical (unpaired) electrons. The van der Waals surface area contributed by atoms with Crippen LogP contribution in [0.4, 0.5) is 0 Å². The molecule has 4 rings (SSSR count). The number of hydrogen-bond donors (Lipinski definition) is 2. The van der Waals surface area contributed by atoms with Crippen molar-refractivity contribution in [2.45, 2.75) is 0 Å². The molecule has 0 aliphatic rings. The Morgan fingerprint density at radius 3 is 2.84 bits per heavy atom. The Morgan fingerprint density at radius 2 is 2.08 bits per heavy atom. The molecule has 0 bridgehead atoms. The van der Waals surface area contributed by atoms with Gasteiger partial charge in [0.1, 0.15) is 11.4 Å². The topological polar surface area (TPSA) is 71.9 Å². The van der Waals surface area contributed by atoms with Crippen LogP contribution in [0.15, 0.2) is 42.7 Å². The maximum absolute atomic E-state index is 12.1. The highest BCUT2D eigenvalue weighted by molar-refractivity contribution is 6.07.